The van der Waals surface area contributed by atoms with Crippen LogP contribution < -0.4 is 0 Å². The van der Waals surface area contributed by atoms with E-state index in [9.17, 15) is 4.79 Å². The molecule has 0 N–H and O–H groups in total. The van der Waals surface area contributed by atoms with Crippen molar-refractivity contribution in [1.82, 2.24) is 9.55 Å². The van der Waals surface area contributed by atoms with Crippen molar-refractivity contribution in [2.75, 3.05) is 0 Å². The summed E-state index contributed by atoms with van der Waals surface area (Å²) >= 11 is 1.75. The number of rotatable bonds is 4. The van der Waals surface area contributed by atoms with Crippen LogP contribution in [0.25, 0.3) is 0 Å². The van der Waals surface area contributed by atoms with Gasteiger partial charge >= 0.3 is 0 Å². The number of carbonyl (C=O) groups is 1. The number of nitrogens with zero attached hydrogens (tertiary/aromatic N) is 2. The van der Waals surface area contributed by atoms with E-state index in [4.69, 9.17) is 0 Å². The first-order chi connectivity index (χ1) is 7.72. The summed E-state index contributed by atoms with van der Waals surface area (Å²) in [5.74, 6) is 0.892. The van der Waals surface area contributed by atoms with Crippen LogP contribution >= 0.6 is 11.3 Å². The van der Waals surface area contributed by atoms with Gasteiger partial charge in [0.25, 0.3) is 0 Å². The van der Waals surface area contributed by atoms with Crippen molar-refractivity contribution in [3.8, 4) is 0 Å². The fraction of sp³-hybridized carbons (Fsp3) is 0.333. The molecule has 0 unspecified atom stereocenters. The van der Waals surface area contributed by atoms with Gasteiger partial charge in [-0.2, -0.15) is 0 Å². The molecule has 2 aromatic heterocycles. The second-order valence-corrected chi connectivity index (χ2v) is 4.78. The average Bonchev–Trinajstić information content (AvgIpc) is 2.87. The normalized spacial score (nSPS) is 10.6. The third kappa shape index (κ3) is 2.07. The third-order valence-corrected chi connectivity index (χ3v) is 3.70. The van der Waals surface area contributed by atoms with E-state index in [0.717, 1.165) is 30.6 Å². The van der Waals surface area contributed by atoms with Crippen LogP contribution in [0.4, 0.5) is 0 Å². The Hall–Kier alpha value is -1.42. The lowest BCUT2D eigenvalue weighted by molar-refractivity contribution is 0.111. The van der Waals surface area contributed by atoms with Crippen molar-refractivity contribution in [2.24, 2.45) is 7.05 Å². The van der Waals surface area contributed by atoms with Gasteiger partial charge < -0.3 is 4.57 Å². The molecule has 0 saturated heterocycles. The Morgan fingerprint density at radius 3 is 2.94 bits per heavy atom. The summed E-state index contributed by atoms with van der Waals surface area (Å²) in [6.45, 7) is 1.92. The fourth-order valence-electron chi connectivity index (χ4n) is 1.77. The Morgan fingerprint density at radius 1 is 1.50 bits per heavy atom. The van der Waals surface area contributed by atoms with Crippen LogP contribution in [-0.4, -0.2) is 15.8 Å². The number of hydrogen-bond acceptors (Lipinski definition) is 3. The second kappa shape index (κ2) is 4.61. The second-order valence-electron chi connectivity index (χ2n) is 3.75. The van der Waals surface area contributed by atoms with Crippen LogP contribution in [-0.2, 0) is 19.9 Å². The Bertz CT molecular complexity index is 485. The molecule has 0 fully saturated rings. The molecule has 84 valence electrons. The maximum absolute atomic E-state index is 10.9. The molecule has 0 aliphatic heterocycles. The molecule has 0 radical (unpaired) electrons. The molecule has 2 heterocycles. The number of aromatic nitrogens is 2. The van der Waals surface area contributed by atoms with Crippen LogP contribution in [0.3, 0.4) is 0 Å². The fourth-order valence-corrected chi connectivity index (χ4v) is 2.48. The molecule has 0 saturated carbocycles. The summed E-state index contributed by atoms with van der Waals surface area (Å²) in [5.41, 5.74) is 1.61. The number of aldehydes is 1. The van der Waals surface area contributed by atoms with Crippen LogP contribution in [0.1, 0.15) is 26.9 Å². The summed E-state index contributed by atoms with van der Waals surface area (Å²) in [6.07, 6.45) is 2.68. The van der Waals surface area contributed by atoms with Crippen molar-refractivity contribution in [3.05, 3.63) is 39.6 Å². The molecule has 0 aliphatic rings. The van der Waals surface area contributed by atoms with Gasteiger partial charge in [0.05, 0.1) is 0 Å². The Morgan fingerprint density at radius 2 is 2.31 bits per heavy atom. The molecular formula is C12H14N2OS. The van der Waals surface area contributed by atoms with Crippen LogP contribution in [0.2, 0.25) is 0 Å². The Balaban J connectivity index is 2.17. The summed E-state index contributed by atoms with van der Waals surface area (Å²) in [7, 11) is 1.96. The highest BCUT2D eigenvalue weighted by molar-refractivity contribution is 7.09. The highest BCUT2D eigenvalue weighted by Gasteiger charge is 2.11. The van der Waals surface area contributed by atoms with E-state index in [0.29, 0.717) is 5.69 Å². The lowest BCUT2D eigenvalue weighted by atomic mass is 10.2. The largest absolute Gasteiger partial charge is 0.335 e. The molecule has 3 nitrogen and oxygen atoms in total. The lowest BCUT2D eigenvalue weighted by Crippen LogP contribution is -2.02. The van der Waals surface area contributed by atoms with E-state index in [1.54, 1.807) is 11.3 Å². The van der Waals surface area contributed by atoms with E-state index in [2.05, 4.69) is 22.5 Å². The standard InChI is InChI=1S/C12H14N2OS/c1-9-13-11(8-15)12(14(9)2)6-5-10-4-3-7-16-10/h3-4,7-8H,5-6H2,1-2H3. The van der Waals surface area contributed by atoms with Crippen LogP contribution in [0.15, 0.2) is 17.5 Å². The van der Waals surface area contributed by atoms with E-state index in [1.807, 2.05) is 18.5 Å². The Kier molecular flexibility index (Phi) is 3.19. The molecule has 4 heteroatoms. The first-order valence-electron chi connectivity index (χ1n) is 5.22. The van der Waals surface area contributed by atoms with Crippen molar-refractivity contribution in [3.63, 3.8) is 0 Å². The van der Waals surface area contributed by atoms with Gasteiger partial charge in [0.2, 0.25) is 0 Å². The lowest BCUT2D eigenvalue weighted by Gasteiger charge is -2.03. The minimum atomic E-state index is 0.580. The van der Waals surface area contributed by atoms with Gasteiger partial charge in [0, 0.05) is 17.6 Å². The minimum absolute atomic E-state index is 0.580. The van der Waals surface area contributed by atoms with Gasteiger partial charge in [-0.25, -0.2) is 4.98 Å². The van der Waals surface area contributed by atoms with Crippen LogP contribution in [0, 0.1) is 6.92 Å². The molecule has 0 amide bonds. The van der Waals surface area contributed by atoms with Crippen molar-refractivity contribution in [1.29, 1.82) is 0 Å². The number of thiophene rings is 1. The molecule has 2 rings (SSSR count). The zero-order chi connectivity index (χ0) is 11.5. The molecule has 0 aliphatic carbocycles. The SMILES string of the molecule is Cc1nc(C=O)c(CCc2cccs2)n1C. The maximum atomic E-state index is 10.9. The molecule has 0 aromatic carbocycles. The van der Waals surface area contributed by atoms with Crippen molar-refractivity contribution in [2.45, 2.75) is 19.8 Å². The third-order valence-electron chi connectivity index (χ3n) is 2.77. The summed E-state index contributed by atoms with van der Waals surface area (Å²) < 4.78 is 2.00. The summed E-state index contributed by atoms with van der Waals surface area (Å²) in [4.78, 5) is 16.5. The van der Waals surface area contributed by atoms with E-state index in [1.165, 1.54) is 4.88 Å². The first-order valence-corrected chi connectivity index (χ1v) is 6.10. The van der Waals surface area contributed by atoms with E-state index >= 15 is 0 Å². The zero-order valence-electron chi connectivity index (χ0n) is 9.43. The van der Waals surface area contributed by atoms with Crippen LogP contribution in [0.5, 0.6) is 0 Å². The molecule has 16 heavy (non-hydrogen) atoms. The molecule has 2 aromatic rings. The maximum Gasteiger partial charge on any atom is 0.170 e. The molecular weight excluding hydrogens is 220 g/mol. The van der Waals surface area contributed by atoms with Crippen molar-refractivity contribution < 1.29 is 4.79 Å². The highest BCUT2D eigenvalue weighted by atomic mass is 32.1. The van der Waals surface area contributed by atoms with Gasteiger partial charge in [-0.05, 0) is 31.2 Å². The van der Waals surface area contributed by atoms with Gasteiger partial charge in [0.15, 0.2) is 6.29 Å². The molecule has 0 atom stereocenters. The molecule has 0 spiro atoms. The first kappa shape index (κ1) is 11.1. The smallest absolute Gasteiger partial charge is 0.170 e. The quantitative estimate of drug-likeness (QED) is 0.761. The van der Waals surface area contributed by atoms with Gasteiger partial charge in [-0.15, -0.1) is 11.3 Å². The minimum Gasteiger partial charge on any atom is -0.335 e. The number of hydrogen-bond donors (Lipinski definition) is 0. The summed E-state index contributed by atoms with van der Waals surface area (Å²) in [6, 6.07) is 4.17. The predicted octanol–water partition coefficient (Wildman–Crippen LogP) is 2.39. The Labute approximate surface area is 98.8 Å². The highest BCUT2D eigenvalue weighted by Crippen LogP contribution is 2.15. The van der Waals surface area contributed by atoms with Gasteiger partial charge in [-0.3, -0.25) is 4.79 Å². The van der Waals surface area contributed by atoms with Gasteiger partial charge in [-0.1, -0.05) is 6.07 Å². The molecule has 0 bridgehead atoms. The van der Waals surface area contributed by atoms with E-state index in [-0.39, 0.29) is 0 Å². The van der Waals surface area contributed by atoms with Gasteiger partial charge in [0.1, 0.15) is 11.5 Å². The topological polar surface area (TPSA) is 34.9 Å². The summed E-state index contributed by atoms with van der Waals surface area (Å²) in [5, 5.41) is 2.07. The predicted molar refractivity (Wildman–Crippen MR) is 65.1 cm³/mol. The van der Waals surface area contributed by atoms with Crippen molar-refractivity contribution >= 4 is 17.6 Å². The average molecular weight is 234 g/mol. The van der Waals surface area contributed by atoms with E-state index < -0.39 is 0 Å². The number of carbonyl (C=O) groups excluding carboxylic acids is 1. The number of imidazole rings is 1. The zero-order valence-corrected chi connectivity index (χ0v) is 10.3. The number of aryl methyl sites for hydroxylation is 2. The monoisotopic (exact) mass is 234 g/mol.